The summed E-state index contributed by atoms with van der Waals surface area (Å²) >= 11 is 0. The Balaban J connectivity index is 2.09. The van der Waals surface area contributed by atoms with Crippen molar-refractivity contribution in [2.45, 2.75) is 26.2 Å². The molecule has 0 bridgehead atoms. The smallest absolute Gasteiger partial charge is 0.243 e. The molecule has 7 nitrogen and oxygen atoms in total. The SMILES string of the molecule is C=C(C)CNC(=NCC(=O)N(C)C)N1CCCC2(CNC(=O)C2)C1. The average molecular weight is 335 g/mol. The van der Waals surface area contributed by atoms with Crippen LogP contribution in [0.15, 0.2) is 17.1 Å². The van der Waals surface area contributed by atoms with Crippen LogP contribution in [0.5, 0.6) is 0 Å². The van der Waals surface area contributed by atoms with Gasteiger partial charge in [0.2, 0.25) is 11.8 Å². The lowest BCUT2D eigenvalue weighted by Gasteiger charge is -2.41. The van der Waals surface area contributed by atoms with Gasteiger partial charge in [-0.15, -0.1) is 0 Å². The largest absolute Gasteiger partial charge is 0.355 e. The zero-order chi connectivity index (χ0) is 17.7. The van der Waals surface area contributed by atoms with Crippen molar-refractivity contribution in [1.82, 2.24) is 20.4 Å². The Morgan fingerprint density at radius 2 is 2.25 bits per heavy atom. The van der Waals surface area contributed by atoms with E-state index in [0.717, 1.165) is 44.0 Å². The number of hydrogen-bond acceptors (Lipinski definition) is 3. The number of rotatable bonds is 4. The van der Waals surface area contributed by atoms with E-state index in [1.165, 1.54) is 4.90 Å². The maximum absolute atomic E-state index is 11.9. The van der Waals surface area contributed by atoms with Gasteiger partial charge in [-0.2, -0.15) is 0 Å². The molecule has 24 heavy (non-hydrogen) atoms. The molecule has 2 fully saturated rings. The lowest BCUT2D eigenvalue weighted by molar-refractivity contribution is -0.127. The lowest BCUT2D eigenvalue weighted by atomic mass is 9.79. The van der Waals surface area contributed by atoms with Gasteiger partial charge in [-0.3, -0.25) is 9.59 Å². The van der Waals surface area contributed by atoms with Crippen LogP contribution in [0, 0.1) is 5.41 Å². The van der Waals surface area contributed by atoms with Crippen LogP contribution in [0.2, 0.25) is 0 Å². The second kappa shape index (κ2) is 7.68. The van der Waals surface area contributed by atoms with Crippen molar-refractivity contribution in [2.24, 2.45) is 10.4 Å². The van der Waals surface area contributed by atoms with Crippen molar-refractivity contribution in [3.05, 3.63) is 12.2 Å². The summed E-state index contributed by atoms with van der Waals surface area (Å²) < 4.78 is 0. The number of likely N-dealkylation sites (tertiary alicyclic amines) is 1. The lowest BCUT2D eigenvalue weighted by Crippen LogP contribution is -2.51. The summed E-state index contributed by atoms with van der Waals surface area (Å²) in [6, 6.07) is 0. The Morgan fingerprint density at radius 3 is 2.83 bits per heavy atom. The molecule has 1 atom stereocenters. The highest BCUT2D eigenvalue weighted by Gasteiger charge is 2.42. The summed E-state index contributed by atoms with van der Waals surface area (Å²) in [7, 11) is 3.45. The van der Waals surface area contributed by atoms with Crippen molar-refractivity contribution >= 4 is 17.8 Å². The molecule has 134 valence electrons. The third-order valence-electron chi connectivity index (χ3n) is 4.57. The van der Waals surface area contributed by atoms with Gasteiger partial charge in [0.25, 0.3) is 0 Å². The van der Waals surface area contributed by atoms with Crippen molar-refractivity contribution in [2.75, 3.05) is 46.8 Å². The molecule has 0 aromatic heterocycles. The van der Waals surface area contributed by atoms with Crippen molar-refractivity contribution in [3.63, 3.8) is 0 Å². The standard InChI is InChI=1S/C17H29N5O2/c1-13(2)9-18-16(19-10-15(24)21(3)4)22-7-5-6-17(12-22)8-14(23)20-11-17/h1,5-12H2,2-4H3,(H,18,19)(H,20,23). The number of carbonyl (C=O) groups excluding carboxylic acids is 2. The summed E-state index contributed by atoms with van der Waals surface area (Å²) in [5.74, 6) is 0.828. The van der Waals surface area contributed by atoms with Gasteiger partial charge in [0.15, 0.2) is 5.96 Å². The number of likely N-dealkylation sites (N-methyl/N-ethyl adjacent to an activating group) is 1. The topological polar surface area (TPSA) is 77.0 Å². The van der Waals surface area contributed by atoms with Crippen LogP contribution in [0.25, 0.3) is 0 Å². The van der Waals surface area contributed by atoms with Gasteiger partial charge >= 0.3 is 0 Å². The predicted molar refractivity (Wildman–Crippen MR) is 94.7 cm³/mol. The number of amides is 2. The normalized spacial score (nSPS) is 24.0. The maximum atomic E-state index is 11.9. The van der Waals surface area contributed by atoms with Crippen LogP contribution in [0.1, 0.15) is 26.2 Å². The summed E-state index contributed by atoms with van der Waals surface area (Å²) in [5.41, 5.74) is 0.998. The third-order valence-corrected chi connectivity index (χ3v) is 4.57. The molecule has 2 amide bonds. The van der Waals surface area contributed by atoms with Gasteiger partial charge in [-0.1, -0.05) is 12.2 Å². The molecule has 1 unspecified atom stereocenters. The molecule has 0 aromatic rings. The first-order valence-electron chi connectivity index (χ1n) is 8.46. The molecule has 7 heteroatoms. The van der Waals surface area contributed by atoms with E-state index in [2.05, 4.69) is 27.1 Å². The van der Waals surface area contributed by atoms with Gasteiger partial charge < -0.3 is 20.4 Å². The third kappa shape index (κ3) is 4.72. The predicted octanol–water partition coefficient (Wildman–Crippen LogP) is 0.198. The van der Waals surface area contributed by atoms with E-state index in [9.17, 15) is 9.59 Å². The molecule has 0 saturated carbocycles. The quantitative estimate of drug-likeness (QED) is 0.437. The summed E-state index contributed by atoms with van der Waals surface area (Å²) in [6.07, 6.45) is 2.64. The Bertz CT molecular complexity index is 543. The number of carbonyl (C=O) groups is 2. The first-order valence-corrected chi connectivity index (χ1v) is 8.46. The van der Waals surface area contributed by atoms with Crippen LogP contribution < -0.4 is 10.6 Å². The van der Waals surface area contributed by atoms with Crippen LogP contribution in [-0.4, -0.2) is 74.4 Å². The van der Waals surface area contributed by atoms with Gasteiger partial charge in [0.05, 0.1) is 0 Å². The summed E-state index contributed by atoms with van der Waals surface area (Å²) in [5, 5.41) is 6.26. The fourth-order valence-electron chi connectivity index (χ4n) is 3.21. The van der Waals surface area contributed by atoms with E-state index in [1.807, 2.05) is 6.92 Å². The molecule has 2 N–H and O–H groups in total. The van der Waals surface area contributed by atoms with Crippen LogP contribution >= 0.6 is 0 Å². The fraction of sp³-hybridized carbons (Fsp3) is 0.706. The minimum atomic E-state index is -0.0333. The van der Waals surface area contributed by atoms with E-state index >= 15 is 0 Å². The fourth-order valence-corrected chi connectivity index (χ4v) is 3.21. The number of nitrogens with zero attached hydrogens (tertiary/aromatic N) is 3. The van der Waals surface area contributed by atoms with E-state index in [0.29, 0.717) is 13.0 Å². The average Bonchev–Trinajstić information content (AvgIpc) is 2.86. The van der Waals surface area contributed by atoms with Gasteiger partial charge in [-0.25, -0.2) is 4.99 Å². The molecule has 0 aromatic carbocycles. The Hall–Kier alpha value is -2.05. The number of aliphatic imine (C=N–C) groups is 1. The number of hydrogen-bond donors (Lipinski definition) is 2. The zero-order valence-electron chi connectivity index (χ0n) is 15.0. The Morgan fingerprint density at radius 1 is 1.50 bits per heavy atom. The van der Waals surface area contributed by atoms with Crippen LogP contribution in [0.3, 0.4) is 0 Å². The van der Waals surface area contributed by atoms with Crippen molar-refractivity contribution in [1.29, 1.82) is 0 Å². The first kappa shape index (κ1) is 18.3. The Labute approximate surface area is 144 Å². The van der Waals surface area contributed by atoms with Crippen LogP contribution in [-0.2, 0) is 9.59 Å². The zero-order valence-corrected chi connectivity index (χ0v) is 15.0. The van der Waals surface area contributed by atoms with E-state index in [1.54, 1.807) is 14.1 Å². The molecule has 2 heterocycles. The number of piperidine rings is 1. The molecular formula is C17H29N5O2. The van der Waals surface area contributed by atoms with Gasteiger partial charge in [0, 0.05) is 52.1 Å². The molecule has 2 aliphatic heterocycles. The second-order valence-corrected chi connectivity index (χ2v) is 7.22. The summed E-state index contributed by atoms with van der Waals surface area (Å²) in [6.45, 7) is 8.99. The second-order valence-electron chi connectivity index (χ2n) is 7.22. The van der Waals surface area contributed by atoms with E-state index < -0.39 is 0 Å². The molecule has 2 saturated heterocycles. The first-order chi connectivity index (χ1) is 11.3. The van der Waals surface area contributed by atoms with Crippen LogP contribution in [0.4, 0.5) is 0 Å². The van der Waals surface area contributed by atoms with E-state index in [-0.39, 0.29) is 23.8 Å². The number of nitrogens with one attached hydrogen (secondary N) is 2. The summed E-state index contributed by atoms with van der Waals surface area (Å²) in [4.78, 5) is 31.7. The van der Waals surface area contributed by atoms with E-state index in [4.69, 9.17) is 0 Å². The highest BCUT2D eigenvalue weighted by atomic mass is 16.2. The minimum absolute atomic E-state index is 0.00738. The highest BCUT2D eigenvalue weighted by Crippen LogP contribution is 2.35. The molecular weight excluding hydrogens is 306 g/mol. The molecule has 0 aliphatic carbocycles. The maximum Gasteiger partial charge on any atom is 0.243 e. The molecule has 2 aliphatic rings. The molecule has 1 spiro atoms. The number of guanidine groups is 1. The molecule has 0 radical (unpaired) electrons. The van der Waals surface area contributed by atoms with Crippen molar-refractivity contribution < 1.29 is 9.59 Å². The highest BCUT2D eigenvalue weighted by molar-refractivity contribution is 5.85. The van der Waals surface area contributed by atoms with Gasteiger partial charge in [-0.05, 0) is 19.8 Å². The van der Waals surface area contributed by atoms with Crippen molar-refractivity contribution in [3.8, 4) is 0 Å². The Kier molecular flexibility index (Phi) is 5.85. The van der Waals surface area contributed by atoms with Gasteiger partial charge in [0.1, 0.15) is 6.54 Å². The molecule has 2 rings (SSSR count). The monoisotopic (exact) mass is 335 g/mol. The minimum Gasteiger partial charge on any atom is -0.355 e.